The zero-order chi connectivity index (χ0) is 8.97. The Labute approximate surface area is 73.0 Å². The minimum absolute atomic E-state index is 0.0509. The van der Waals surface area contributed by atoms with Crippen LogP contribution in [0.5, 0.6) is 0 Å². The molecule has 1 N–H and O–H groups in total. The fourth-order valence-corrected chi connectivity index (χ4v) is 1.54. The number of aliphatic hydroxyl groups is 1. The predicted octanol–water partition coefficient (Wildman–Crippen LogP) is 1.08. The first-order chi connectivity index (χ1) is 5.76. The molecule has 0 aromatic rings. The van der Waals surface area contributed by atoms with Gasteiger partial charge in [0.2, 0.25) is 0 Å². The summed E-state index contributed by atoms with van der Waals surface area (Å²) in [7, 11) is 0. The number of nitriles is 1. The van der Waals surface area contributed by atoms with Gasteiger partial charge >= 0.3 is 0 Å². The van der Waals surface area contributed by atoms with Crippen LogP contribution in [0.1, 0.15) is 26.2 Å². The second-order valence-corrected chi connectivity index (χ2v) is 3.39. The highest BCUT2D eigenvalue weighted by Gasteiger charge is 2.24. The SMILES string of the molecule is CC1CCC(CC(C#N)CO)O1. The molecule has 1 fully saturated rings. The molecule has 1 heterocycles. The molecule has 0 radical (unpaired) electrons. The van der Waals surface area contributed by atoms with Crippen LogP contribution in [0.2, 0.25) is 0 Å². The van der Waals surface area contributed by atoms with E-state index in [4.69, 9.17) is 15.1 Å². The van der Waals surface area contributed by atoms with Crippen molar-refractivity contribution >= 4 is 0 Å². The van der Waals surface area contributed by atoms with Crippen molar-refractivity contribution in [1.82, 2.24) is 0 Å². The fraction of sp³-hybridized carbons (Fsp3) is 0.889. The molecule has 0 spiro atoms. The van der Waals surface area contributed by atoms with E-state index in [0.29, 0.717) is 12.5 Å². The van der Waals surface area contributed by atoms with Gasteiger partial charge in [-0.05, 0) is 26.2 Å². The lowest BCUT2D eigenvalue weighted by Crippen LogP contribution is -2.15. The van der Waals surface area contributed by atoms with E-state index < -0.39 is 0 Å². The summed E-state index contributed by atoms with van der Waals surface area (Å²) in [6.45, 7) is 1.99. The Morgan fingerprint density at radius 2 is 2.42 bits per heavy atom. The van der Waals surface area contributed by atoms with E-state index in [2.05, 4.69) is 6.07 Å². The van der Waals surface area contributed by atoms with E-state index in [1.165, 1.54) is 0 Å². The number of ether oxygens (including phenoxy) is 1. The van der Waals surface area contributed by atoms with Gasteiger partial charge < -0.3 is 9.84 Å². The van der Waals surface area contributed by atoms with Gasteiger partial charge in [0.05, 0.1) is 30.8 Å². The van der Waals surface area contributed by atoms with Crippen molar-refractivity contribution in [2.24, 2.45) is 5.92 Å². The smallest absolute Gasteiger partial charge is 0.0719 e. The van der Waals surface area contributed by atoms with Crippen LogP contribution in [0.15, 0.2) is 0 Å². The lowest BCUT2D eigenvalue weighted by Gasteiger charge is -2.12. The summed E-state index contributed by atoms with van der Waals surface area (Å²) in [5, 5.41) is 17.4. The molecule has 1 aliphatic heterocycles. The topological polar surface area (TPSA) is 53.2 Å². The Hall–Kier alpha value is -0.590. The first-order valence-corrected chi connectivity index (χ1v) is 4.42. The highest BCUT2D eigenvalue weighted by Crippen LogP contribution is 2.24. The van der Waals surface area contributed by atoms with Gasteiger partial charge in [-0.1, -0.05) is 0 Å². The number of hydrogen-bond donors (Lipinski definition) is 1. The van der Waals surface area contributed by atoms with Gasteiger partial charge in [0.1, 0.15) is 0 Å². The molecule has 1 aliphatic rings. The summed E-state index contributed by atoms with van der Waals surface area (Å²) in [6, 6.07) is 2.06. The summed E-state index contributed by atoms with van der Waals surface area (Å²) < 4.78 is 5.53. The molecule has 12 heavy (non-hydrogen) atoms. The first-order valence-electron chi connectivity index (χ1n) is 4.42. The molecular weight excluding hydrogens is 154 g/mol. The molecule has 0 aromatic carbocycles. The molecule has 0 aliphatic carbocycles. The maximum absolute atomic E-state index is 8.77. The van der Waals surface area contributed by atoms with Gasteiger partial charge in [0.15, 0.2) is 0 Å². The second kappa shape index (κ2) is 4.44. The number of hydrogen-bond acceptors (Lipinski definition) is 3. The van der Waals surface area contributed by atoms with E-state index in [1.807, 2.05) is 6.92 Å². The molecule has 1 rings (SSSR count). The summed E-state index contributed by atoms with van der Waals surface area (Å²) in [6.07, 6.45) is 3.30. The molecule has 0 bridgehead atoms. The molecule has 3 nitrogen and oxygen atoms in total. The van der Waals surface area contributed by atoms with Crippen molar-refractivity contribution in [2.45, 2.75) is 38.4 Å². The third-order valence-electron chi connectivity index (χ3n) is 2.27. The summed E-state index contributed by atoms with van der Waals surface area (Å²) in [5.74, 6) is -0.250. The van der Waals surface area contributed by atoms with Crippen LogP contribution in [0.4, 0.5) is 0 Å². The largest absolute Gasteiger partial charge is 0.395 e. The average Bonchev–Trinajstić information content (AvgIpc) is 2.47. The van der Waals surface area contributed by atoms with Gasteiger partial charge in [-0.15, -0.1) is 0 Å². The number of rotatable bonds is 3. The molecule has 1 saturated heterocycles. The summed E-state index contributed by atoms with van der Waals surface area (Å²) in [4.78, 5) is 0. The standard InChI is InChI=1S/C9H15NO2/c1-7-2-3-9(12-7)4-8(5-10)6-11/h7-9,11H,2-4,6H2,1H3. The summed E-state index contributed by atoms with van der Waals surface area (Å²) in [5.41, 5.74) is 0. The second-order valence-electron chi connectivity index (χ2n) is 3.39. The monoisotopic (exact) mass is 169 g/mol. The highest BCUT2D eigenvalue weighted by molar-refractivity contribution is 4.86. The Morgan fingerprint density at radius 3 is 2.83 bits per heavy atom. The van der Waals surface area contributed by atoms with Crippen LogP contribution in [-0.2, 0) is 4.74 Å². The van der Waals surface area contributed by atoms with Crippen LogP contribution in [-0.4, -0.2) is 23.9 Å². The lowest BCUT2D eigenvalue weighted by molar-refractivity contribution is 0.0400. The van der Waals surface area contributed by atoms with Crippen LogP contribution in [0.3, 0.4) is 0 Å². The van der Waals surface area contributed by atoms with Gasteiger partial charge in [0.25, 0.3) is 0 Å². The normalized spacial score (nSPS) is 31.4. The number of aliphatic hydroxyl groups excluding tert-OH is 1. The third kappa shape index (κ3) is 2.47. The molecule has 0 aromatic heterocycles. The molecule has 3 unspecified atom stereocenters. The van der Waals surface area contributed by atoms with Crippen LogP contribution < -0.4 is 0 Å². The highest BCUT2D eigenvalue weighted by atomic mass is 16.5. The summed E-state index contributed by atoms with van der Waals surface area (Å²) >= 11 is 0. The zero-order valence-electron chi connectivity index (χ0n) is 7.36. The van der Waals surface area contributed by atoms with Gasteiger partial charge in [0, 0.05) is 0 Å². The van der Waals surface area contributed by atoms with Crippen molar-refractivity contribution in [3.63, 3.8) is 0 Å². The van der Waals surface area contributed by atoms with Gasteiger partial charge in [-0.3, -0.25) is 0 Å². The van der Waals surface area contributed by atoms with Crippen LogP contribution in [0.25, 0.3) is 0 Å². The van der Waals surface area contributed by atoms with Gasteiger partial charge in [-0.25, -0.2) is 0 Å². The van der Waals surface area contributed by atoms with Crippen LogP contribution >= 0.6 is 0 Å². The van der Waals surface area contributed by atoms with E-state index in [0.717, 1.165) is 12.8 Å². The minimum Gasteiger partial charge on any atom is -0.395 e. The van der Waals surface area contributed by atoms with Gasteiger partial charge in [-0.2, -0.15) is 5.26 Å². The minimum atomic E-state index is -0.250. The molecular formula is C9H15NO2. The zero-order valence-corrected chi connectivity index (χ0v) is 7.36. The molecule has 3 atom stereocenters. The third-order valence-corrected chi connectivity index (χ3v) is 2.27. The van der Waals surface area contributed by atoms with Crippen molar-refractivity contribution in [3.8, 4) is 6.07 Å². The Morgan fingerprint density at radius 1 is 1.67 bits per heavy atom. The fourth-order valence-electron chi connectivity index (χ4n) is 1.54. The Bertz CT molecular complexity index is 176. The van der Waals surface area contributed by atoms with Crippen molar-refractivity contribution < 1.29 is 9.84 Å². The van der Waals surface area contributed by atoms with Crippen molar-refractivity contribution in [2.75, 3.05) is 6.61 Å². The molecule has 0 saturated carbocycles. The lowest BCUT2D eigenvalue weighted by atomic mass is 10.0. The predicted molar refractivity (Wildman–Crippen MR) is 44.4 cm³/mol. The van der Waals surface area contributed by atoms with E-state index >= 15 is 0 Å². The quantitative estimate of drug-likeness (QED) is 0.687. The Balaban J connectivity index is 2.27. The van der Waals surface area contributed by atoms with E-state index in [1.54, 1.807) is 0 Å². The van der Waals surface area contributed by atoms with Crippen LogP contribution in [0, 0.1) is 17.2 Å². The maximum atomic E-state index is 8.77. The Kier molecular flexibility index (Phi) is 3.51. The maximum Gasteiger partial charge on any atom is 0.0719 e. The molecule has 0 amide bonds. The molecule has 68 valence electrons. The average molecular weight is 169 g/mol. The first kappa shape index (κ1) is 9.50. The van der Waals surface area contributed by atoms with Crippen molar-refractivity contribution in [1.29, 1.82) is 5.26 Å². The van der Waals surface area contributed by atoms with E-state index in [-0.39, 0.29) is 18.6 Å². The van der Waals surface area contributed by atoms with Crippen molar-refractivity contribution in [3.05, 3.63) is 0 Å². The molecule has 3 heteroatoms. The number of nitrogens with zero attached hydrogens (tertiary/aromatic N) is 1. The van der Waals surface area contributed by atoms with E-state index in [9.17, 15) is 0 Å².